The van der Waals surface area contributed by atoms with E-state index in [0.717, 1.165) is 67.3 Å². The van der Waals surface area contributed by atoms with Crippen LogP contribution in [0.15, 0.2) is 30.3 Å². The minimum Gasteiger partial charge on any atom is -0.507 e. The molecule has 1 amide bonds. The summed E-state index contributed by atoms with van der Waals surface area (Å²) in [5, 5.41) is 15.0. The maximum Gasteiger partial charge on any atom is 0.234 e. The molecule has 0 spiro atoms. The molecule has 0 aromatic heterocycles. The van der Waals surface area contributed by atoms with Gasteiger partial charge in [0.2, 0.25) is 5.91 Å². The summed E-state index contributed by atoms with van der Waals surface area (Å²) in [7, 11) is 0. The van der Waals surface area contributed by atoms with E-state index in [1.807, 2.05) is 18.2 Å². The average molecular weight is 492 g/mol. The summed E-state index contributed by atoms with van der Waals surface area (Å²) in [6.45, 7) is 10.2. The van der Waals surface area contributed by atoms with Gasteiger partial charge in [-0.05, 0) is 67.0 Å². The van der Waals surface area contributed by atoms with Crippen LogP contribution in [0, 0.1) is 6.92 Å². The van der Waals surface area contributed by atoms with Crippen LogP contribution in [0.25, 0.3) is 0 Å². The molecule has 33 heavy (non-hydrogen) atoms. The summed E-state index contributed by atoms with van der Waals surface area (Å²) >= 11 is 6.13. The van der Waals surface area contributed by atoms with E-state index in [1.165, 1.54) is 11.1 Å². The Morgan fingerprint density at radius 2 is 1.97 bits per heavy atom. The van der Waals surface area contributed by atoms with E-state index >= 15 is 0 Å². The maximum absolute atomic E-state index is 12.9. The number of rotatable bonds is 6. The van der Waals surface area contributed by atoms with Crippen molar-refractivity contribution in [2.45, 2.75) is 52.0 Å². The number of aromatic hydroxyl groups is 1. The Hall–Kier alpha value is -1.95. The van der Waals surface area contributed by atoms with E-state index < -0.39 is 0 Å². The smallest absolute Gasteiger partial charge is 0.234 e. The van der Waals surface area contributed by atoms with Crippen LogP contribution in [0.3, 0.4) is 0 Å². The molecule has 1 aliphatic carbocycles. The van der Waals surface area contributed by atoms with Crippen LogP contribution >= 0.6 is 24.0 Å². The van der Waals surface area contributed by atoms with Crippen molar-refractivity contribution in [2.75, 3.05) is 37.6 Å². The van der Waals surface area contributed by atoms with Gasteiger partial charge in [0.25, 0.3) is 0 Å². The Morgan fingerprint density at radius 1 is 1.24 bits per heavy atom. The number of nitrogens with zero attached hydrogens (tertiary/aromatic N) is 2. The lowest BCUT2D eigenvalue weighted by atomic mass is 9.90. The van der Waals surface area contributed by atoms with Crippen molar-refractivity contribution in [3.63, 3.8) is 0 Å². The van der Waals surface area contributed by atoms with Gasteiger partial charge in [-0.25, -0.2) is 0 Å². The van der Waals surface area contributed by atoms with E-state index in [2.05, 4.69) is 48.0 Å². The number of hydrogen-bond donors (Lipinski definition) is 2. The van der Waals surface area contributed by atoms with E-state index in [0.29, 0.717) is 18.2 Å². The van der Waals surface area contributed by atoms with Crippen molar-refractivity contribution in [1.82, 2.24) is 10.2 Å². The number of hydrogen-bond acceptors (Lipinski definition) is 4. The number of fused-ring (bicyclic) bond motifs is 1. The zero-order valence-electron chi connectivity index (χ0n) is 19.7. The van der Waals surface area contributed by atoms with Crippen molar-refractivity contribution < 1.29 is 9.90 Å². The predicted octanol–water partition coefficient (Wildman–Crippen LogP) is 5.22. The number of nitrogens with one attached hydrogen (secondary N) is 1. The molecule has 1 heterocycles. The van der Waals surface area contributed by atoms with Crippen molar-refractivity contribution in [2.24, 2.45) is 0 Å². The van der Waals surface area contributed by atoms with E-state index in [4.69, 9.17) is 11.6 Å². The molecule has 2 atom stereocenters. The highest BCUT2D eigenvalue weighted by Crippen LogP contribution is 2.44. The molecule has 2 N–H and O–H groups in total. The molecule has 0 bridgehead atoms. The molecule has 2 unspecified atom stereocenters. The van der Waals surface area contributed by atoms with Gasteiger partial charge < -0.3 is 15.3 Å². The minimum atomic E-state index is -0.104. The molecule has 1 saturated heterocycles. The van der Waals surface area contributed by atoms with E-state index in [1.54, 1.807) is 0 Å². The molecule has 0 radical (unpaired) electrons. The lowest BCUT2D eigenvalue weighted by Crippen LogP contribution is -2.49. The summed E-state index contributed by atoms with van der Waals surface area (Å²) < 4.78 is 0. The van der Waals surface area contributed by atoms with E-state index in [9.17, 15) is 9.90 Å². The first-order valence-electron chi connectivity index (χ1n) is 11.7. The number of piperazine rings is 1. The number of phenolic OH excluding ortho intramolecular Hbond substituents is 1. The molecule has 7 heteroatoms. The Morgan fingerprint density at radius 3 is 2.64 bits per heavy atom. The minimum absolute atomic E-state index is 0. The number of halogens is 2. The molecule has 2 aromatic carbocycles. The normalized spacial score (nSPS) is 19.0. The highest BCUT2D eigenvalue weighted by atomic mass is 35.5. The van der Waals surface area contributed by atoms with Gasteiger partial charge in [0.15, 0.2) is 0 Å². The summed E-state index contributed by atoms with van der Waals surface area (Å²) in [5.41, 5.74) is 5.51. The average Bonchev–Trinajstić information content (AvgIpc) is 3.20. The van der Waals surface area contributed by atoms with Crippen molar-refractivity contribution in [3.05, 3.63) is 57.6 Å². The maximum atomic E-state index is 12.9. The van der Waals surface area contributed by atoms with Crippen LogP contribution in [-0.4, -0.2) is 48.6 Å². The summed E-state index contributed by atoms with van der Waals surface area (Å²) in [5.74, 6) is 0.717. The van der Waals surface area contributed by atoms with Gasteiger partial charge in [0.1, 0.15) is 5.75 Å². The first-order valence-corrected chi connectivity index (χ1v) is 12.1. The molecule has 4 rings (SSSR count). The van der Waals surface area contributed by atoms with Crippen molar-refractivity contribution >= 4 is 35.6 Å². The number of carbonyl (C=O) groups is 1. The molecule has 2 aliphatic rings. The first-order chi connectivity index (χ1) is 15.4. The SMILES string of the molecule is CCC(C)c1cc(C)c2c(c1O)C(NC(=O)CN1CCN(c3cccc(Cl)c3)CC1)CC2.Cl. The van der Waals surface area contributed by atoms with Crippen LogP contribution in [0.2, 0.25) is 5.02 Å². The van der Waals surface area contributed by atoms with Crippen LogP contribution in [0.5, 0.6) is 5.75 Å². The first kappa shape index (κ1) is 25.7. The van der Waals surface area contributed by atoms with Crippen LogP contribution in [0.1, 0.15) is 60.9 Å². The van der Waals surface area contributed by atoms with Gasteiger partial charge in [-0.1, -0.05) is 37.6 Å². The number of benzene rings is 2. The Kier molecular flexibility index (Phi) is 8.54. The molecule has 180 valence electrons. The zero-order chi connectivity index (χ0) is 22.8. The third-order valence-corrected chi connectivity index (χ3v) is 7.36. The standard InChI is InChI=1S/C26H34ClN3O2.ClH/c1-4-17(2)22-14-18(3)21-8-9-23(25(21)26(22)32)28-24(31)16-29-10-12-30(13-11-29)20-7-5-6-19(27)15-20;/h5-7,14-15,17,23,32H,4,8-13,16H2,1-3H3,(H,28,31);1H. The lowest BCUT2D eigenvalue weighted by Gasteiger charge is -2.36. The van der Waals surface area contributed by atoms with E-state index in [-0.39, 0.29) is 24.4 Å². The quantitative estimate of drug-likeness (QED) is 0.581. The Labute approximate surface area is 208 Å². The van der Waals surface area contributed by atoms with Crippen LogP contribution in [0.4, 0.5) is 5.69 Å². The fourth-order valence-electron chi connectivity index (χ4n) is 5.06. The van der Waals surface area contributed by atoms with Gasteiger partial charge in [0, 0.05) is 42.5 Å². The van der Waals surface area contributed by atoms with Crippen LogP contribution in [-0.2, 0) is 11.2 Å². The summed E-state index contributed by atoms with van der Waals surface area (Å²) in [6, 6.07) is 9.95. The predicted molar refractivity (Wildman–Crippen MR) is 138 cm³/mol. The zero-order valence-corrected chi connectivity index (χ0v) is 21.3. The van der Waals surface area contributed by atoms with Gasteiger partial charge in [0.05, 0.1) is 12.6 Å². The fraction of sp³-hybridized carbons (Fsp3) is 0.500. The highest BCUT2D eigenvalue weighted by molar-refractivity contribution is 6.30. The monoisotopic (exact) mass is 491 g/mol. The molecule has 2 aromatic rings. The molecule has 0 saturated carbocycles. The molecule has 5 nitrogen and oxygen atoms in total. The summed E-state index contributed by atoms with van der Waals surface area (Å²) in [4.78, 5) is 17.4. The van der Waals surface area contributed by atoms with Gasteiger partial charge in [-0.15, -0.1) is 12.4 Å². The second kappa shape index (κ2) is 11.0. The lowest BCUT2D eigenvalue weighted by molar-refractivity contribution is -0.123. The largest absolute Gasteiger partial charge is 0.507 e. The van der Waals surface area contributed by atoms with Crippen molar-refractivity contribution in [1.29, 1.82) is 0 Å². The summed E-state index contributed by atoms with van der Waals surface area (Å²) in [6.07, 6.45) is 2.73. The number of carbonyl (C=O) groups excluding carboxylic acids is 1. The number of anilines is 1. The number of aryl methyl sites for hydroxylation is 1. The number of phenols is 1. The Balaban J connectivity index is 0.00000306. The molecular formula is C26H35Cl2N3O2. The third-order valence-electron chi connectivity index (χ3n) is 7.12. The second-order valence-electron chi connectivity index (χ2n) is 9.23. The molecule has 1 aliphatic heterocycles. The van der Waals surface area contributed by atoms with Crippen molar-refractivity contribution in [3.8, 4) is 5.75 Å². The number of amides is 1. The topological polar surface area (TPSA) is 55.8 Å². The van der Waals surface area contributed by atoms with Gasteiger partial charge in [-0.2, -0.15) is 0 Å². The third kappa shape index (κ3) is 5.59. The second-order valence-corrected chi connectivity index (χ2v) is 9.67. The molecular weight excluding hydrogens is 457 g/mol. The Bertz CT molecular complexity index is 990. The molecule has 1 fully saturated rings. The van der Waals surface area contributed by atoms with Crippen LogP contribution < -0.4 is 10.2 Å². The van der Waals surface area contributed by atoms with Gasteiger partial charge in [-0.3, -0.25) is 9.69 Å². The highest BCUT2D eigenvalue weighted by Gasteiger charge is 2.31. The van der Waals surface area contributed by atoms with Gasteiger partial charge >= 0.3 is 0 Å². The fourth-order valence-corrected chi connectivity index (χ4v) is 5.24.